The quantitative estimate of drug-likeness (QED) is 0.0483. The van der Waals surface area contributed by atoms with E-state index in [1.54, 1.807) is 6.26 Å². The van der Waals surface area contributed by atoms with Crippen molar-refractivity contribution in [2.75, 3.05) is 18.6 Å². The average Bonchev–Trinajstić information content (AvgIpc) is 3.89. The topological polar surface area (TPSA) is 150 Å². The van der Waals surface area contributed by atoms with Crippen molar-refractivity contribution in [3.63, 3.8) is 0 Å². The number of amides is 1. The molecule has 0 saturated carbocycles. The summed E-state index contributed by atoms with van der Waals surface area (Å²) in [5.74, 6) is -8.68. The Morgan fingerprint density at radius 2 is 1.82 bits per heavy atom. The number of carbonyl (C=O) groups is 1. The lowest BCUT2D eigenvalue weighted by molar-refractivity contribution is -0.137. The second-order valence-electron chi connectivity index (χ2n) is 14.2. The van der Waals surface area contributed by atoms with Gasteiger partial charge in [0, 0.05) is 43.5 Å². The lowest BCUT2D eigenvalue weighted by atomic mass is 10.0. The Hall–Kier alpha value is -6.03. The molecule has 3 aromatic carbocycles. The SMILES string of the molecule is CNc1c(-n2c(C(Cc3cc(F)cc(F)c3)NC(=O)Cn3nc(C(F)F)c4c3C(F)(F)C(C)C4)nc3cc(-n4cc(C(F)(F)F)cn4)ccc3c2=O)ccc(Cl)c1C(N)=NSC. The van der Waals surface area contributed by atoms with E-state index in [9.17, 15) is 40.3 Å². The molecule has 0 saturated heterocycles. The van der Waals surface area contributed by atoms with Gasteiger partial charge in [0.15, 0.2) is 0 Å². The fourth-order valence-electron chi connectivity index (χ4n) is 7.41. The maximum atomic E-state index is 15.4. The number of amidine groups is 1. The van der Waals surface area contributed by atoms with Crippen LogP contribution in [-0.2, 0) is 36.3 Å². The Kier molecular flexibility index (Phi) is 11.8. The highest BCUT2D eigenvalue weighted by molar-refractivity contribution is 7.97. The van der Waals surface area contributed by atoms with Crippen molar-refractivity contribution in [1.82, 2.24) is 34.4 Å². The van der Waals surface area contributed by atoms with Crippen LogP contribution in [0.5, 0.6) is 0 Å². The van der Waals surface area contributed by atoms with Crippen LogP contribution in [0.1, 0.15) is 58.9 Å². The Morgan fingerprint density at radius 3 is 2.45 bits per heavy atom. The van der Waals surface area contributed by atoms with Crippen molar-refractivity contribution in [2.45, 2.75) is 50.9 Å². The Morgan fingerprint density at radius 1 is 1.11 bits per heavy atom. The van der Waals surface area contributed by atoms with Crippen LogP contribution in [0, 0.1) is 17.6 Å². The molecule has 326 valence electrons. The number of rotatable bonds is 12. The fourth-order valence-corrected chi connectivity index (χ4v) is 7.95. The van der Waals surface area contributed by atoms with Crippen molar-refractivity contribution >= 4 is 51.9 Å². The number of benzene rings is 3. The minimum absolute atomic E-state index is 0.00343. The largest absolute Gasteiger partial charge is 0.419 e. The Bertz CT molecular complexity index is 2800. The molecular weight excluding hydrogens is 879 g/mol. The molecule has 0 aliphatic heterocycles. The predicted octanol–water partition coefficient (Wildman–Crippen LogP) is 8.07. The molecule has 3 heterocycles. The number of fused-ring (bicyclic) bond motifs is 2. The van der Waals surface area contributed by atoms with Crippen molar-refractivity contribution in [3.05, 3.63) is 127 Å². The first-order valence-electron chi connectivity index (χ1n) is 18.3. The highest BCUT2D eigenvalue weighted by Crippen LogP contribution is 2.48. The zero-order valence-corrected chi connectivity index (χ0v) is 33.9. The van der Waals surface area contributed by atoms with E-state index in [0.717, 1.165) is 40.3 Å². The van der Waals surface area contributed by atoms with Gasteiger partial charge in [0.05, 0.1) is 56.4 Å². The summed E-state index contributed by atoms with van der Waals surface area (Å²) in [6, 6.07) is 7.40. The molecule has 1 amide bonds. The van der Waals surface area contributed by atoms with Gasteiger partial charge in [-0.15, -0.1) is 0 Å². The highest BCUT2D eigenvalue weighted by atomic mass is 35.5. The first-order chi connectivity index (χ1) is 29.2. The van der Waals surface area contributed by atoms with Crippen molar-refractivity contribution in [2.24, 2.45) is 16.0 Å². The van der Waals surface area contributed by atoms with Gasteiger partial charge >= 0.3 is 6.18 Å². The molecule has 1 aliphatic carbocycles. The maximum absolute atomic E-state index is 15.4. The van der Waals surface area contributed by atoms with E-state index < -0.39 is 95.5 Å². The molecule has 4 N–H and O–H groups in total. The number of alkyl halides is 7. The first-order valence-corrected chi connectivity index (χ1v) is 19.9. The molecule has 0 fully saturated rings. The summed E-state index contributed by atoms with van der Waals surface area (Å²) < 4.78 is 135. The van der Waals surface area contributed by atoms with Gasteiger partial charge in [0.2, 0.25) is 5.91 Å². The molecule has 12 nitrogen and oxygen atoms in total. The van der Waals surface area contributed by atoms with Crippen molar-refractivity contribution < 1.29 is 44.3 Å². The number of aromatic nitrogens is 6. The third kappa shape index (κ3) is 8.19. The number of nitrogens with zero attached hydrogens (tertiary/aromatic N) is 7. The van der Waals surface area contributed by atoms with Crippen LogP contribution in [0.25, 0.3) is 22.3 Å². The lowest BCUT2D eigenvalue weighted by Crippen LogP contribution is -2.38. The summed E-state index contributed by atoms with van der Waals surface area (Å²) in [4.78, 5) is 33.6. The lowest BCUT2D eigenvalue weighted by Gasteiger charge is -2.25. The highest BCUT2D eigenvalue weighted by Gasteiger charge is 2.51. The van der Waals surface area contributed by atoms with E-state index in [-0.39, 0.29) is 55.8 Å². The molecule has 0 radical (unpaired) electrons. The second-order valence-corrected chi connectivity index (χ2v) is 15.2. The van der Waals surface area contributed by atoms with Gasteiger partial charge in [-0.3, -0.25) is 18.8 Å². The number of nitrogens with two attached hydrogens (primary N) is 1. The number of carbonyl (C=O) groups excluding carboxylic acids is 1. The van der Waals surface area contributed by atoms with E-state index in [4.69, 9.17) is 22.3 Å². The Balaban J connectivity index is 1.46. The van der Waals surface area contributed by atoms with E-state index in [0.29, 0.717) is 23.1 Å². The second kappa shape index (κ2) is 16.7. The molecule has 7 rings (SSSR count). The van der Waals surface area contributed by atoms with Gasteiger partial charge < -0.3 is 16.4 Å². The molecule has 3 aromatic heterocycles. The summed E-state index contributed by atoms with van der Waals surface area (Å²) in [7, 11) is 1.47. The van der Waals surface area contributed by atoms with Gasteiger partial charge in [0.1, 0.15) is 41.2 Å². The van der Waals surface area contributed by atoms with Crippen LogP contribution in [0.2, 0.25) is 5.02 Å². The third-order valence-corrected chi connectivity index (χ3v) is 10.9. The minimum atomic E-state index is -4.74. The maximum Gasteiger partial charge on any atom is 0.419 e. The Labute approximate surface area is 354 Å². The molecule has 1 aliphatic rings. The van der Waals surface area contributed by atoms with Crippen LogP contribution in [0.4, 0.5) is 45.2 Å². The van der Waals surface area contributed by atoms with E-state index in [2.05, 4.69) is 25.2 Å². The molecular formula is C39H32ClF9N10O2S. The summed E-state index contributed by atoms with van der Waals surface area (Å²) in [5, 5.41) is 12.9. The normalized spacial score (nSPS) is 15.6. The number of halogens is 10. The zero-order valence-electron chi connectivity index (χ0n) is 32.3. The molecule has 0 bridgehead atoms. The van der Waals surface area contributed by atoms with Crippen molar-refractivity contribution in [3.8, 4) is 11.4 Å². The smallest absolute Gasteiger partial charge is 0.386 e. The average molecular weight is 911 g/mol. The molecule has 62 heavy (non-hydrogen) atoms. The van der Waals surface area contributed by atoms with Crippen LogP contribution in [0.3, 0.4) is 0 Å². The fraction of sp³-hybridized carbons (Fsp3) is 0.282. The molecule has 6 aromatic rings. The van der Waals surface area contributed by atoms with E-state index in [1.807, 2.05) is 0 Å². The number of hydrogen-bond donors (Lipinski definition) is 3. The van der Waals surface area contributed by atoms with Crippen LogP contribution < -0.4 is 21.9 Å². The molecule has 2 unspecified atom stereocenters. The molecule has 23 heteroatoms. The molecule has 2 atom stereocenters. The van der Waals surface area contributed by atoms with Crippen LogP contribution in [0.15, 0.2) is 70.1 Å². The summed E-state index contributed by atoms with van der Waals surface area (Å²) >= 11 is 7.58. The predicted molar refractivity (Wildman–Crippen MR) is 213 cm³/mol. The minimum Gasteiger partial charge on any atom is -0.386 e. The number of nitrogens with one attached hydrogen (secondary N) is 2. The van der Waals surface area contributed by atoms with Crippen LogP contribution >= 0.6 is 23.5 Å². The zero-order chi connectivity index (χ0) is 45.0. The van der Waals surface area contributed by atoms with Gasteiger partial charge in [-0.25, -0.2) is 27.2 Å². The molecule has 0 spiro atoms. The standard InChI is InChI=1S/C39H32ClF9N10O2S/c1-17-8-24-31(34(43)44)55-58(33(24)38(17,45)46)16-29(60)53-27(11-18-9-20(41)12-21(42)10-18)36-54-26-13-22(57-15-19(14-52-57)39(47,48)49)4-5-23(26)37(61)59(36)28-7-6-25(40)30(32(28)51-2)35(50)56-62-3/h4-7,9-10,12-15,17,27,34,51H,8,11,16H2,1-3H3,(H2,50,56)(H,53,60). The van der Waals surface area contributed by atoms with Gasteiger partial charge in [-0.1, -0.05) is 18.5 Å². The summed E-state index contributed by atoms with van der Waals surface area (Å²) in [6.07, 6.45) is -6.06. The van der Waals surface area contributed by atoms with Gasteiger partial charge in [-0.05, 0) is 66.4 Å². The summed E-state index contributed by atoms with van der Waals surface area (Å²) in [5.41, 5.74) is 2.16. The first kappa shape index (κ1) is 44.0. The van der Waals surface area contributed by atoms with Crippen LogP contribution in [-0.4, -0.2) is 54.2 Å². The monoisotopic (exact) mass is 910 g/mol. The van der Waals surface area contributed by atoms with E-state index >= 15 is 8.78 Å². The number of hydrogen-bond acceptors (Lipinski definition) is 8. The van der Waals surface area contributed by atoms with Gasteiger partial charge in [-0.2, -0.15) is 36.5 Å². The summed E-state index contributed by atoms with van der Waals surface area (Å²) in [6.45, 7) is 0.107. The van der Waals surface area contributed by atoms with Crippen molar-refractivity contribution in [1.29, 1.82) is 0 Å². The third-order valence-electron chi connectivity index (χ3n) is 10.2. The number of anilines is 1. The van der Waals surface area contributed by atoms with E-state index in [1.165, 1.54) is 37.4 Å². The van der Waals surface area contributed by atoms with Gasteiger partial charge in [0.25, 0.3) is 17.9 Å².